The van der Waals surface area contributed by atoms with Crippen molar-refractivity contribution in [3.05, 3.63) is 57.6 Å². The second-order valence-electron chi connectivity index (χ2n) is 8.19. The van der Waals surface area contributed by atoms with E-state index in [2.05, 4.69) is 12.2 Å². The molecule has 1 N–H and O–H groups in total. The molecule has 0 saturated heterocycles. The fourth-order valence-corrected chi connectivity index (χ4v) is 4.14. The molecule has 0 saturated carbocycles. The maximum Gasteiger partial charge on any atom is 0.242 e. The van der Waals surface area contributed by atoms with Crippen LogP contribution in [0.2, 0.25) is 10.0 Å². The summed E-state index contributed by atoms with van der Waals surface area (Å²) in [7, 11) is 0. The highest BCUT2D eigenvalue weighted by Gasteiger charge is 2.27. The summed E-state index contributed by atoms with van der Waals surface area (Å²) < 4.78 is 11.3. The number of ether oxygens (including phenoxy) is 2. The van der Waals surface area contributed by atoms with Crippen molar-refractivity contribution in [2.24, 2.45) is 0 Å². The topological polar surface area (TPSA) is 67.9 Å². The Morgan fingerprint density at radius 1 is 1.00 bits per heavy atom. The zero-order valence-electron chi connectivity index (χ0n) is 21.0. The molecule has 1 unspecified atom stereocenters. The molecule has 0 aliphatic heterocycles. The van der Waals surface area contributed by atoms with Gasteiger partial charge in [0.2, 0.25) is 11.8 Å². The quantitative estimate of drug-likeness (QED) is 0.306. The van der Waals surface area contributed by atoms with Gasteiger partial charge in [-0.3, -0.25) is 9.59 Å². The summed E-state index contributed by atoms with van der Waals surface area (Å²) in [6, 6.07) is 10.2. The smallest absolute Gasteiger partial charge is 0.242 e. The number of aryl methyl sites for hydroxylation is 1. The second-order valence-corrected chi connectivity index (χ2v) is 9.00. The first-order chi connectivity index (χ1) is 16.8. The lowest BCUT2D eigenvalue weighted by atomic mass is 10.1. The van der Waals surface area contributed by atoms with Gasteiger partial charge in [-0.15, -0.1) is 0 Å². The van der Waals surface area contributed by atoms with E-state index >= 15 is 0 Å². The zero-order chi connectivity index (χ0) is 25.8. The van der Waals surface area contributed by atoms with Gasteiger partial charge >= 0.3 is 0 Å². The molecule has 0 radical (unpaired) electrons. The summed E-state index contributed by atoms with van der Waals surface area (Å²) >= 11 is 12.8. The van der Waals surface area contributed by atoms with E-state index < -0.39 is 6.04 Å². The standard InChI is InChI=1S/C27H36Cl2N2O4/c1-5-8-16-30-27(33)19(4)31(18-21-22(28)10-9-11-23(21)29)26(32)15-13-20-12-14-24(34-6-2)25(17-20)35-7-3/h9-12,14,17,19H,5-8,13,15-16,18H2,1-4H3,(H,30,33). The van der Waals surface area contributed by atoms with Gasteiger partial charge in [0, 0.05) is 35.1 Å². The maximum absolute atomic E-state index is 13.4. The number of halogens is 2. The minimum absolute atomic E-state index is 0.146. The number of nitrogens with zero attached hydrogens (tertiary/aromatic N) is 1. The molecule has 0 heterocycles. The van der Waals surface area contributed by atoms with Gasteiger partial charge in [-0.2, -0.15) is 0 Å². The predicted molar refractivity (Wildman–Crippen MR) is 141 cm³/mol. The summed E-state index contributed by atoms with van der Waals surface area (Å²) in [5.74, 6) is 0.972. The molecule has 0 aliphatic rings. The van der Waals surface area contributed by atoms with Crippen molar-refractivity contribution < 1.29 is 19.1 Å². The highest BCUT2D eigenvalue weighted by Crippen LogP contribution is 2.30. The van der Waals surface area contributed by atoms with Crippen LogP contribution in [0.15, 0.2) is 36.4 Å². The van der Waals surface area contributed by atoms with Gasteiger partial charge in [0.15, 0.2) is 11.5 Å². The molecule has 2 rings (SSSR count). The fraction of sp³-hybridized carbons (Fsp3) is 0.481. The van der Waals surface area contributed by atoms with E-state index in [0.717, 1.165) is 18.4 Å². The van der Waals surface area contributed by atoms with Crippen molar-refractivity contribution in [2.75, 3.05) is 19.8 Å². The van der Waals surface area contributed by atoms with E-state index in [4.69, 9.17) is 32.7 Å². The van der Waals surface area contributed by atoms with Crippen LogP contribution in [0, 0.1) is 0 Å². The molecule has 192 valence electrons. The number of hydrogen-bond donors (Lipinski definition) is 1. The van der Waals surface area contributed by atoms with Crippen LogP contribution in [0.3, 0.4) is 0 Å². The number of amides is 2. The molecule has 0 spiro atoms. The van der Waals surface area contributed by atoms with Crippen LogP contribution < -0.4 is 14.8 Å². The average Bonchev–Trinajstić information content (AvgIpc) is 2.83. The highest BCUT2D eigenvalue weighted by molar-refractivity contribution is 6.36. The molecule has 35 heavy (non-hydrogen) atoms. The lowest BCUT2D eigenvalue weighted by Crippen LogP contribution is -2.48. The molecule has 0 bridgehead atoms. The Bertz CT molecular complexity index is 963. The number of unbranched alkanes of at least 4 members (excludes halogenated alkanes) is 1. The van der Waals surface area contributed by atoms with Gasteiger partial charge < -0.3 is 19.7 Å². The van der Waals surface area contributed by atoms with Crippen LogP contribution in [0.25, 0.3) is 0 Å². The maximum atomic E-state index is 13.4. The monoisotopic (exact) mass is 522 g/mol. The molecule has 2 aromatic carbocycles. The van der Waals surface area contributed by atoms with Crippen LogP contribution in [0.4, 0.5) is 0 Å². The van der Waals surface area contributed by atoms with Gasteiger partial charge in [0.05, 0.1) is 13.2 Å². The Balaban J connectivity index is 2.21. The Morgan fingerprint density at radius 2 is 1.66 bits per heavy atom. The van der Waals surface area contributed by atoms with E-state index in [9.17, 15) is 9.59 Å². The Morgan fingerprint density at radius 3 is 2.29 bits per heavy atom. The molecule has 0 aliphatic carbocycles. The van der Waals surface area contributed by atoms with E-state index in [1.807, 2.05) is 32.0 Å². The largest absolute Gasteiger partial charge is 0.490 e. The van der Waals surface area contributed by atoms with Gasteiger partial charge in [-0.1, -0.05) is 48.7 Å². The molecule has 2 aromatic rings. The first kappa shape index (κ1) is 28.8. The van der Waals surface area contributed by atoms with E-state index in [1.165, 1.54) is 0 Å². The van der Waals surface area contributed by atoms with Crippen LogP contribution >= 0.6 is 23.2 Å². The predicted octanol–water partition coefficient (Wildman–Crippen LogP) is 6.06. The molecule has 0 fully saturated rings. The third-order valence-electron chi connectivity index (χ3n) is 5.62. The molecule has 1 atom stereocenters. The van der Waals surface area contributed by atoms with Crippen LogP contribution in [0.1, 0.15) is 58.1 Å². The van der Waals surface area contributed by atoms with Crippen molar-refractivity contribution in [3.63, 3.8) is 0 Å². The molecule has 6 nitrogen and oxygen atoms in total. The zero-order valence-corrected chi connectivity index (χ0v) is 22.5. The summed E-state index contributed by atoms with van der Waals surface area (Å²) in [5.41, 5.74) is 1.57. The van der Waals surface area contributed by atoms with Crippen molar-refractivity contribution in [1.82, 2.24) is 10.2 Å². The van der Waals surface area contributed by atoms with Crippen LogP contribution in [-0.2, 0) is 22.6 Å². The number of carbonyl (C=O) groups excluding carboxylic acids is 2. The molecule has 2 amide bonds. The molecular weight excluding hydrogens is 487 g/mol. The van der Waals surface area contributed by atoms with Crippen LogP contribution in [-0.4, -0.2) is 42.5 Å². The second kappa shape index (κ2) is 14.8. The van der Waals surface area contributed by atoms with Gasteiger partial charge in [0.25, 0.3) is 0 Å². The third kappa shape index (κ3) is 8.62. The number of benzene rings is 2. The minimum Gasteiger partial charge on any atom is -0.490 e. The third-order valence-corrected chi connectivity index (χ3v) is 6.33. The van der Waals surface area contributed by atoms with E-state index in [1.54, 1.807) is 30.0 Å². The first-order valence-electron chi connectivity index (χ1n) is 12.2. The summed E-state index contributed by atoms with van der Waals surface area (Å²) in [4.78, 5) is 27.8. The molecule has 0 aromatic heterocycles. The Hall–Kier alpha value is -2.44. The molecular formula is C27H36Cl2N2O4. The van der Waals surface area contributed by atoms with Crippen LogP contribution in [0.5, 0.6) is 11.5 Å². The van der Waals surface area contributed by atoms with Crippen molar-refractivity contribution in [1.29, 1.82) is 0 Å². The summed E-state index contributed by atoms with van der Waals surface area (Å²) in [5, 5.41) is 3.84. The number of nitrogens with one attached hydrogen (secondary N) is 1. The lowest BCUT2D eigenvalue weighted by molar-refractivity contribution is -0.140. The summed E-state index contributed by atoms with van der Waals surface area (Å²) in [6.45, 7) is 9.39. The van der Waals surface area contributed by atoms with Gasteiger partial charge in [-0.05, 0) is 63.4 Å². The van der Waals surface area contributed by atoms with E-state index in [-0.39, 0.29) is 24.8 Å². The number of carbonyl (C=O) groups is 2. The Labute approximate surface area is 218 Å². The SMILES string of the molecule is CCCCNC(=O)C(C)N(Cc1c(Cl)cccc1Cl)C(=O)CCc1ccc(OCC)c(OCC)c1. The van der Waals surface area contributed by atoms with E-state index in [0.29, 0.717) is 53.3 Å². The number of hydrogen-bond acceptors (Lipinski definition) is 4. The first-order valence-corrected chi connectivity index (χ1v) is 13.0. The summed E-state index contributed by atoms with van der Waals surface area (Å²) in [6.07, 6.45) is 2.55. The average molecular weight is 524 g/mol. The molecule has 8 heteroatoms. The van der Waals surface area contributed by atoms with Gasteiger partial charge in [-0.25, -0.2) is 0 Å². The minimum atomic E-state index is -0.675. The lowest BCUT2D eigenvalue weighted by Gasteiger charge is -2.29. The van der Waals surface area contributed by atoms with Crippen molar-refractivity contribution in [2.45, 2.75) is 66.0 Å². The normalized spacial score (nSPS) is 11.6. The van der Waals surface area contributed by atoms with Crippen molar-refractivity contribution in [3.8, 4) is 11.5 Å². The van der Waals surface area contributed by atoms with Gasteiger partial charge in [0.1, 0.15) is 6.04 Å². The Kier molecular flexibility index (Phi) is 12.2. The van der Waals surface area contributed by atoms with Crippen molar-refractivity contribution >= 4 is 35.0 Å². The highest BCUT2D eigenvalue weighted by atomic mass is 35.5. The number of rotatable bonds is 14. The fourth-order valence-electron chi connectivity index (χ4n) is 3.62.